The summed E-state index contributed by atoms with van der Waals surface area (Å²) in [5.41, 5.74) is 5.98. The largest absolute Gasteiger partial charge is 0.478 e. The van der Waals surface area contributed by atoms with E-state index in [0.29, 0.717) is 5.69 Å². The fourth-order valence-electron chi connectivity index (χ4n) is 0.747. The summed E-state index contributed by atoms with van der Waals surface area (Å²) in [7, 11) is 0. The summed E-state index contributed by atoms with van der Waals surface area (Å²) in [6, 6.07) is 3.23. The summed E-state index contributed by atoms with van der Waals surface area (Å²) in [6.07, 6.45) is 0. The molecule has 0 unspecified atom stereocenters. The zero-order valence-corrected chi connectivity index (χ0v) is 10.2. The number of nitrogens with two attached hydrogens (primary N) is 1. The molecule has 12 heavy (non-hydrogen) atoms. The molecule has 0 radical (unpaired) electrons. The Balaban J connectivity index is 3.33. The van der Waals surface area contributed by atoms with Crippen molar-refractivity contribution in [2.75, 3.05) is 5.73 Å². The van der Waals surface area contributed by atoms with Crippen LogP contribution in [0.5, 0.6) is 0 Å². The lowest BCUT2D eigenvalue weighted by atomic mass is 10.2. The van der Waals surface area contributed by atoms with E-state index in [0.717, 1.165) is 7.14 Å². The Kier molecular flexibility index (Phi) is 3.16. The second-order valence-corrected chi connectivity index (χ2v) is 4.48. The molecule has 0 saturated carbocycles. The van der Waals surface area contributed by atoms with Crippen LogP contribution in [-0.2, 0) is 0 Å². The van der Waals surface area contributed by atoms with Gasteiger partial charge in [0.1, 0.15) is 0 Å². The van der Waals surface area contributed by atoms with E-state index in [2.05, 4.69) is 45.2 Å². The molecule has 3 N–H and O–H groups in total. The smallest absolute Gasteiger partial charge is 0.337 e. The molecule has 0 aliphatic carbocycles. The van der Waals surface area contributed by atoms with Crippen molar-refractivity contribution in [3.05, 3.63) is 24.8 Å². The van der Waals surface area contributed by atoms with Gasteiger partial charge in [-0.15, -0.1) is 0 Å². The quantitative estimate of drug-likeness (QED) is 0.572. The van der Waals surface area contributed by atoms with Gasteiger partial charge in [-0.3, -0.25) is 0 Å². The topological polar surface area (TPSA) is 63.3 Å². The number of rotatable bonds is 1. The lowest BCUT2D eigenvalue weighted by molar-refractivity contribution is 0.0698. The number of hydrogen-bond acceptors (Lipinski definition) is 2. The lowest BCUT2D eigenvalue weighted by Crippen LogP contribution is -2.03. The van der Waals surface area contributed by atoms with Crippen LogP contribution in [0.3, 0.4) is 0 Å². The molecule has 64 valence electrons. The number of anilines is 1. The van der Waals surface area contributed by atoms with Crippen molar-refractivity contribution in [2.45, 2.75) is 0 Å². The van der Waals surface area contributed by atoms with Crippen molar-refractivity contribution in [2.24, 2.45) is 0 Å². The fraction of sp³-hybridized carbons (Fsp3) is 0. The number of carbonyl (C=O) groups is 1. The minimum absolute atomic E-state index is 0.166. The second-order valence-electron chi connectivity index (χ2n) is 2.16. The minimum Gasteiger partial charge on any atom is -0.478 e. The molecular weight excluding hydrogens is 384 g/mol. The zero-order chi connectivity index (χ0) is 9.30. The van der Waals surface area contributed by atoms with E-state index in [1.54, 1.807) is 12.1 Å². The van der Waals surface area contributed by atoms with Crippen LogP contribution in [0.2, 0.25) is 0 Å². The van der Waals surface area contributed by atoms with Crippen molar-refractivity contribution >= 4 is 56.8 Å². The van der Waals surface area contributed by atoms with Gasteiger partial charge >= 0.3 is 5.97 Å². The molecule has 1 aromatic rings. The van der Waals surface area contributed by atoms with Crippen LogP contribution >= 0.6 is 45.2 Å². The number of benzene rings is 1. The van der Waals surface area contributed by atoms with Crippen molar-refractivity contribution in [3.8, 4) is 0 Å². The summed E-state index contributed by atoms with van der Waals surface area (Å²) in [5.74, 6) is -0.984. The van der Waals surface area contributed by atoms with Gasteiger partial charge in [0.15, 0.2) is 0 Å². The number of carboxylic acid groups (broad SMARTS) is 1. The highest BCUT2D eigenvalue weighted by atomic mass is 127. The van der Waals surface area contributed by atoms with Crippen LogP contribution in [-0.4, -0.2) is 11.1 Å². The second kappa shape index (κ2) is 3.77. The van der Waals surface area contributed by atoms with Crippen molar-refractivity contribution in [1.29, 1.82) is 0 Å². The molecule has 0 amide bonds. The van der Waals surface area contributed by atoms with Gasteiger partial charge in [0.05, 0.1) is 5.56 Å². The van der Waals surface area contributed by atoms with Gasteiger partial charge in [0.25, 0.3) is 0 Å². The van der Waals surface area contributed by atoms with E-state index < -0.39 is 5.97 Å². The molecule has 1 aromatic carbocycles. The summed E-state index contributed by atoms with van der Waals surface area (Å²) < 4.78 is 1.87. The van der Waals surface area contributed by atoms with Gasteiger partial charge in [0, 0.05) is 12.8 Å². The van der Waals surface area contributed by atoms with Gasteiger partial charge in [0.2, 0.25) is 0 Å². The average molecular weight is 389 g/mol. The molecule has 0 aliphatic heterocycles. The number of hydrogen-bond donors (Lipinski definition) is 2. The molecule has 1 rings (SSSR count). The third-order valence-corrected chi connectivity index (χ3v) is 4.14. The Labute approximate surface area is 96.6 Å². The molecule has 0 saturated heterocycles. The normalized spacial score (nSPS) is 9.83. The average Bonchev–Trinajstić information content (AvgIpc) is 1.96. The molecule has 0 bridgehead atoms. The van der Waals surface area contributed by atoms with Gasteiger partial charge in [-0.25, -0.2) is 4.79 Å². The lowest BCUT2D eigenvalue weighted by Gasteiger charge is -2.02. The Bertz CT molecular complexity index is 338. The van der Waals surface area contributed by atoms with E-state index in [1.807, 2.05) is 0 Å². The molecule has 3 nitrogen and oxygen atoms in total. The Hall–Kier alpha value is -0.0500. The third kappa shape index (κ3) is 2.00. The van der Waals surface area contributed by atoms with E-state index in [4.69, 9.17) is 10.8 Å². The predicted molar refractivity (Wildman–Crippen MR) is 63.2 cm³/mol. The summed E-state index contributed by atoms with van der Waals surface area (Å²) in [5, 5.41) is 8.70. The van der Waals surface area contributed by atoms with E-state index in [9.17, 15) is 4.79 Å². The van der Waals surface area contributed by atoms with Crippen LogP contribution in [0.1, 0.15) is 10.4 Å². The first kappa shape index (κ1) is 10.0. The Morgan fingerprint density at radius 3 is 2.33 bits per heavy atom. The maximum absolute atomic E-state index is 10.6. The Morgan fingerprint density at radius 1 is 1.33 bits per heavy atom. The van der Waals surface area contributed by atoms with Crippen molar-refractivity contribution in [1.82, 2.24) is 0 Å². The number of halogens is 2. The molecule has 0 aliphatic rings. The van der Waals surface area contributed by atoms with Crippen LogP contribution in [0, 0.1) is 7.14 Å². The predicted octanol–water partition coefficient (Wildman–Crippen LogP) is 2.18. The first-order valence-electron chi connectivity index (χ1n) is 3.00. The number of carboxylic acids is 1. The molecule has 0 fully saturated rings. The molecule has 0 heterocycles. The van der Waals surface area contributed by atoms with Gasteiger partial charge in [-0.05, 0) is 57.3 Å². The highest BCUT2D eigenvalue weighted by molar-refractivity contribution is 14.1. The minimum atomic E-state index is -0.984. The Morgan fingerprint density at radius 2 is 1.83 bits per heavy atom. The molecule has 0 aromatic heterocycles. The van der Waals surface area contributed by atoms with Crippen molar-refractivity contribution < 1.29 is 9.90 Å². The van der Waals surface area contributed by atoms with Gasteiger partial charge in [-0.2, -0.15) is 0 Å². The fourth-order valence-corrected chi connectivity index (χ4v) is 1.71. The van der Waals surface area contributed by atoms with E-state index >= 15 is 0 Å². The summed E-state index contributed by atoms with van der Waals surface area (Å²) in [4.78, 5) is 10.6. The van der Waals surface area contributed by atoms with Crippen LogP contribution in [0.15, 0.2) is 12.1 Å². The SMILES string of the molecule is Nc1cc(I)c(I)cc1C(=O)O. The molecular formula is C7H5I2NO2. The molecule has 0 spiro atoms. The van der Waals surface area contributed by atoms with Gasteiger partial charge < -0.3 is 10.8 Å². The molecule has 5 heteroatoms. The number of aromatic carboxylic acids is 1. The van der Waals surface area contributed by atoms with E-state index in [1.165, 1.54) is 0 Å². The highest BCUT2D eigenvalue weighted by Gasteiger charge is 2.09. The standard InChI is InChI=1S/C7H5I2NO2/c8-4-1-3(7(11)12)6(10)2-5(4)9/h1-2H,10H2,(H,11,12). The van der Waals surface area contributed by atoms with Crippen LogP contribution in [0.4, 0.5) is 5.69 Å². The first-order valence-corrected chi connectivity index (χ1v) is 5.16. The van der Waals surface area contributed by atoms with Crippen LogP contribution < -0.4 is 5.73 Å². The highest BCUT2D eigenvalue weighted by Crippen LogP contribution is 2.21. The monoisotopic (exact) mass is 389 g/mol. The third-order valence-electron chi connectivity index (χ3n) is 1.32. The molecule has 0 atom stereocenters. The zero-order valence-electron chi connectivity index (χ0n) is 5.84. The summed E-state index contributed by atoms with van der Waals surface area (Å²) in [6.45, 7) is 0. The maximum atomic E-state index is 10.6. The first-order chi connectivity index (χ1) is 5.52. The summed E-state index contributed by atoms with van der Waals surface area (Å²) >= 11 is 4.18. The number of nitrogen functional groups attached to an aromatic ring is 1. The van der Waals surface area contributed by atoms with Crippen molar-refractivity contribution in [3.63, 3.8) is 0 Å². The van der Waals surface area contributed by atoms with Gasteiger partial charge in [-0.1, -0.05) is 0 Å². The van der Waals surface area contributed by atoms with Crippen LogP contribution in [0.25, 0.3) is 0 Å². The maximum Gasteiger partial charge on any atom is 0.337 e. The van der Waals surface area contributed by atoms with E-state index in [-0.39, 0.29) is 5.56 Å².